The van der Waals surface area contributed by atoms with Crippen LogP contribution in [0.4, 0.5) is 5.82 Å². The number of piperidine rings is 1. The Hall–Kier alpha value is -1.99. The Morgan fingerprint density at radius 1 is 1.25 bits per heavy atom. The first-order valence-corrected chi connectivity index (χ1v) is 9.12. The van der Waals surface area contributed by atoms with Crippen molar-refractivity contribution < 1.29 is 5.11 Å². The number of aryl methyl sites for hydroxylation is 2. The highest BCUT2D eigenvalue weighted by Gasteiger charge is 2.29. The summed E-state index contributed by atoms with van der Waals surface area (Å²) in [5.41, 5.74) is 2.26. The topological polar surface area (TPSA) is 67.1 Å². The number of anilines is 1. The van der Waals surface area contributed by atoms with Crippen molar-refractivity contribution in [3.63, 3.8) is 0 Å². The predicted octanol–water partition coefficient (Wildman–Crippen LogP) is 2.68. The van der Waals surface area contributed by atoms with E-state index < -0.39 is 6.10 Å². The van der Waals surface area contributed by atoms with Gasteiger partial charge in [-0.2, -0.15) is 0 Å². The molecule has 1 atom stereocenters. The van der Waals surface area contributed by atoms with Crippen molar-refractivity contribution in [2.45, 2.75) is 25.9 Å². The van der Waals surface area contributed by atoms with Gasteiger partial charge in [0, 0.05) is 32.5 Å². The minimum absolute atomic E-state index is 0.241. The molecule has 3 aromatic heterocycles. The zero-order valence-electron chi connectivity index (χ0n) is 13.9. The van der Waals surface area contributed by atoms with Gasteiger partial charge in [0.1, 0.15) is 24.1 Å². The molecule has 0 unspecified atom stereocenters. The van der Waals surface area contributed by atoms with Crippen molar-refractivity contribution in [2.24, 2.45) is 13.0 Å². The van der Waals surface area contributed by atoms with Crippen LogP contribution in [0.5, 0.6) is 0 Å². The number of hydrogen-bond acceptors (Lipinski definition) is 6. The largest absolute Gasteiger partial charge is 0.385 e. The predicted molar refractivity (Wildman–Crippen MR) is 95.3 cm³/mol. The van der Waals surface area contributed by atoms with Crippen LogP contribution in [0.25, 0.3) is 10.2 Å². The zero-order valence-corrected chi connectivity index (χ0v) is 14.7. The standard InChI is InChI=1S/C17H21N5OS/c1-11-9-24-15-13(11)19-10-20-17(15)22-6-3-12(4-7-22)14(23)16-18-5-8-21(16)2/h5,8-10,12,14,23H,3-4,6-7H2,1-2H3/t14-/m0/s1. The molecule has 0 amide bonds. The number of imidazole rings is 1. The molecule has 4 rings (SSSR count). The average molecular weight is 343 g/mol. The van der Waals surface area contributed by atoms with Crippen LogP contribution in [0.3, 0.4) is 0 Å². The number of aromatic nitrogens is 4. The minimum atomic E-state index is -0.499. The molecular formula is C17H21N5OS. The number of fused-ring (bicyclic) bond motifs is 1. The van der Waals surface area contributed by atoms with Crippen molar-refractivity contribution in [1.29, 1.82) is 0 Å². The lowest BCUT2D eigenvalue weighted by atomic mass is 9.90. The molecule has 6 nitrogen and oxygen atoms in total. The second-order valence-electron chi connectivity index (χ2n) is 6.46. The normalized spacial score (nSPS) is 17.5. The van der Waals surface area contributed by atoms with E-state index in [-0.39, 0.29) is 5.92 Å². The molecule has 126 valence electrons. The van der Waals surface area contributed by atoms with E-state index >= 15 is 0 Å². The number of aliphatic hydroxyl groups is 1. The van der Waals surface area contributed by atoms with Gasteiger partial charge in [-0.3, -0.25) is 0 Å². The van der Waals surface area contributed by atoms with Crippen molar-refractivity contribution in [3.05, 3.63) is 35.5 Å². The maximum Gasteiger partial charge on any atom is 0.150 e. The third-order valence-corrected chi connectivity index (χ3v) is 6.00. The van der Waals surface area contributed by atoms with E-state index in [4.69, 9.17) is 0 Å². The smallest absolute Gasteiger partial charge is 0.150 e. The fourth-order valence-corrected chi connectivity index (χ4v) is 4.50. The third kappa shape index (κ3) is 2.57. The van der Waals surface area contributed by atoms with Crippen LogP contribution in [-0.4, -0.2) is 37.7 Å². The molecule has 0 radical (unpaired) electrons. The molecule has 1 N–H and O–H groups in total. The van der Waals surface area contributed by atoms with Gasteiger partial charge in [0.25, 0.3) is 0 Å². The molecule has 7 heteroatoms. The zero-order chi connectivity index (χ0) is 16.7. The van der Waals surface area contributed by atoms with Crippen LogP contribution in [0, 0.1) is 12.8 Å². The SMILES string of the molecule is Cc1csc2c(N3CCC([C@H](O)c4nccn4C)CC3)ncnc12. The van der Waals surface area contributed by atoms with E-state index in [1.807, 2.05) is 17.8 Å². The van der Waals surface area contributed by atoms with Crippen LogP contribution in [0.1, 0.15) is 30.3 Å². The highest BCUT2D eigenvalue weighted by molar-refractivity contribution is 7.18. The summed E-state index contributed by atoms with van der Waals surface area (Å²) >= 11 is 1.71. The monoisotopic (exact) mass is 343 g/mol. The lowest BCUT2D eigenvalue weighted by molar-refractivity contribution is 0.0824. The number of nitrogens with zero attached hydrogens (tertiary/aromatic N) is 5. The van der Waals surface area contributed by atoms with Crippen LogP contribution >= 0.6 is 11.3 Å². The summed E-state index contributed by atoms with van der Waals surface area (Å²) in [4.78, 5) is 15.5. The Kier molecular flexibility index (Phi) is 3.97. The van der Waals surface area contributed by atoms with Crippen molar-refractivity contribution >= 4 is 27.4 Å². The lowest BCUT2D eigenvalue weighted by Crippen LogP contribution is -2.36. The Morgan fingerprint density at radius 2 is 2.04 bits per heavy atom. The highest BCUT2D eigenvalue weighted by atomic mass is 32.1. The summed E-state index contributed by atoms with van der Waals surface area (Å²) in [7, 11) is 1.93. The highest BCUT2D eigenvalue weighted by Crippen LogP contribution is 2.35. The second kappa shape index (κ2) is 6.14. The van der Waals surface area contributed by atoms with E-state index in [1.54, 1.807) is 23.9 Å². The first kappa shape index (κ1) is 15.5. The van der Waals surface area contributed by atoms with E-state index in [0.29, 0.717) is 0 Å². The van der Waals surface area contributed by atoms with Gasteiger partial charge < -0.3 is 14.6 Å². The maximum absolute atomic E-state index is 10.6. The van der Waals surface area contributed by atoms with Crippen LogP contribution < -0.4 is 4.90 Å². The number of thiophene rings is 1. The average Bonchev–Trinajstić information content (AvgIpc) is 3.20. The van der Waals surface area contributed by atoms with E-state index in [0.717, 1.165) is 47.8 Å². The van der Waals surface area contributed by atoms with Gasteiger partial charge in [-0.05, 0) is 36.6 Å². The molecule has 0 aliphatic carbocycles. The van der Waals surface area contributed by atoms with Gasteiger partial charge in [-0.1, -0.05) is 0 Å². The summed E-state index contributed by atoms with van der Waals surface area (Å²) in [5, 5.41) is 12.8. The molecule has 3 aromatic rings. The summed E-state index contributed by atoms with van der Waals surface area (Å²) < 4.78 is 3.07. The van der Waals surface area contributed by atoms with Crippen LogP contribution in [0.15, 0.2) is 24.1 Å². The summed E-state index contributed by atoms with van der Waals surface area (Å²) in [6.07, 6.45) is 6.65. The Bertz CT molecular complexity index is 850. The van der Waals surface area contributed by atoms with E-state index in [9.17, 15) is 5.11 Å². The molecule has 24 heavy (non-hydrogen) atoms. The first-order chi connectivity index (χ1) is 11.6. The molecule has 1 aliphatic heterocycles. The molecule has 0 spiro atoms. The van der Waals surface area contributed by atoms with Crippen molar-refractivity contribution in [1.82, 2.24) is 19.5 Å². The summed E-state index contributed by atoms with van der Waals surface area (Å²) in [5.74, 6) is 2.03. The van der Waals surface area contributed by atoms with Gasteiger partial charge in [0.15, 0.2) is 0 Å². The van der Waals surface area contributed by atoms with Gasteiger partial charge in [0.05, 0.1) is 10.2 Å². The Morgan fingerprint density at radius 3 is 2.75 bits per heavy atom. The first-order valence-electron chi connectivity index (χ1n) is 8.24. The minimum Gasteiger partial charge on any atom is -0.385 e. The quantitative estimate of drug-likeness (QED) is 0.792. The van der Waals surface area contributed by atoms with Crippen molar-refractivity contribution in [2.75, 3.05) is 18.0 Å². The fourth-order valence-electron chi connectivity index (χ4n) is 3.48. The van der Waals surface area contributed by atoms with E-state index in [2.05, 4.69) is 32.2 Å². The van der Waals surface area contributed by atoms with Gasteiger partial charge in [-0.25, -0.2) is 15.0 Å². The van der Waals surface area contributed by atoms with Crippen molar-refractivity contribution in [3.8, 4) is 0 Å². The molecule has 1 saturated heterocycles. The Balaban J connectivity index is 1.51. The second-order valence-corrected chi connectivity index (χ2v) is 7.34. The lowest BCUT2D eigenvalue weighted by Gasteiger charge is -2.34. The van der Waals surface area contributed by atoms with Crippen LogP contribution in [0.2, 0.25) is 0 Å². The van der Waals surface area contributed by atoms with Crippen LogP contribution in [-0.2, 0) is 7.05 Å². The molecular weight excluding hydrogens is 322 g/mol. The fraction of sp³-hybridized carbons (Fsp3) is 0.471. The van der Waals surface area contributed by atoms with Gasteiger partial charge >= 0.3 is 0 Å². The summed E-state index contributed by atoms with van der Waals surface area (Å²) in [6.45, 7) is 3.88. The molecule has 0 aromatic carbocycles. The summed E-state index contributed by atoms with van der Waals surface area (Å²) in [6, 6.07) is 0. The third-order valence-electron chi connectivity index (χ3n) is 4.92. The van der Waals surface area contributed by atoms with E-state index in [1.165, 1.54) is 5.56 Å². The number of aliphatic hydroxyl groups excluding tert-OH is 1. The number of rotatable bonds is 3. The Labute approximate surface area is 144 Å². The molecule has 0 bridgehead atoms. The molecule has 0 saturated carbocycles. The van der Waals surface area contributed by atoms with Gasteiger partial charge in [0.2, 0.25) is 0 Å². The maximum atomic E-state index is 10.6. The van der Waals surface area contributed by atoms with Gasteiger partial charge in [-0.15, -0.1) is 11.3 Å². The molecule has 1 aliphatic rings. The molecule has 4 heterocycles. The number of hydrogen-bond donors (Lipinski definition) is 1. The molecule has 1 fully saturated rings.